The number of nitrogens with one attached hydrogen (secondary N) is 1. The van der Waals surface area contributed by atoms with E-state index in [0.717, 1.165) is 13.0 Å². The third-order valence-electron chi connectivity index (χ3n) is 2.71. The van der Waals surface area contributed by atoms with Crippen molar-refractivity contribution in [1.82, 2.24) is 15.0 Å². The van der Waals surface area contributed by atoms with E-state index >= 15 is 0 Å². The number of nitrogen functional groups attached to an aromatic ring is 1. The van der Waals surface area contributed by atoms with E-state index in [1.165, 1.54) is 11.9 Å². The van der Waals surface area contributed by atoms with E-state index < -0.39 is 0 Å². The van der Waals surface area contributed by atoms with Gasteiger partial charge in [-0.15, -0.1) is 0 Å². The molecule has 0 amide bonds. The molecule has 0 aliphatic heterocycles. The Kier molecular flexibility index (Phi) is 3.57. The topological polar surface area (TPSA) is 87.9 Å². The fraction of sp³-hybridized carbons (Fsp3) is 0.250. The first-order valence-corrected chi connectivity index (χ1v) is 5.61. The van der Waals surface area contributed by atoms with Crippen LogP contribution in [0.1, 0.15) is 5.56 Å². The molecule has 94 valence electrons. The summed E-state index contributed by atoms with van der Waals surface area (Å²) in [5.41, 5.74) is 6.71. The molecule has 0 aromatic carbocycles. The van der Waals surface area contributed by atoms with E-state index in [2.05, 4.69) is 15.0 Å². The van der Waals surface area contributed by atoms with Gasteiger partial charge in [0.2, 0.25) is 0 Å². The second-order valence-corrected chi connectivity index (χ2v) is 4.00. The second kappa shape index (κ2) is 5.31. The molecule has 0 bridgehead atoms. The zero-order valence-corrected chi connectivity index (χ0v) is 10.1. The molecule has 0 radical (unpaired) electrons. The lowest BCUT2D eigenvalue weighted by molar-refractivity contribution is 0.854. The van der Waals surface area contributed by atoms with Crippen molar-refractivity contribution in [2.24, 2.45) is 0 Å². The summed E-state index contributed by atoms with van der Waals surface area (Å²) in [6, 6.07) is 3.92. The second-order valence-electron chi connectivity index (χ2n) is 4.00. The van der Waals surface area contributed by atoms with Gasteiger partial charge in [-0.25, -0.2) is 4.98 Å². The third-order valence-corrected chi connectivity index (χ3v) is 2.71. The standard InChI is InChI=1S/C12H15N5O/c1-17(7-4-9-2-5-14-6-3-9)11-10(13)12(18)16-8-15-11/h2-3,5-6,8H,4,7,13H2,1H3,(H,15,16,18). The summed E-state index contributed by atoms with van der Waals surface area (Å²) in [6.45, 7) is 0.727. The summed E-state index contributed by atoms with van der Waals surface area (Å²) in [7, 11) is 1.86. The molecule has 2 aromatic heterocycles. The Balaban J connectivity index is 2.06. The van der Waals surface area contributed by atoms with Crippen LogP contribution in [0.3, 0.4) is 0 Å². The monoisotopic (exact) mass is 245 g/mol. The average molecular weight is 245 g/mol. The molecule has 0 aliphatic rings. The van der Waals surface area contributed by atoms with Crippen LogP contribution in [0.4, 0.5) is 11.5 Å². The van der Waals surface area contributed by atoms with Gasteiger partial charge in [0.15, 0.2) is 5.82 Å². The van der Waals surface area contributed by atoms with Crippen molar-refractivity contribution in [1.29, 1.82) is 0 Å². The highest BCUT2D eigenvalue weighted by Gasteiger charge is 2.09. The maximum absolute atomic E-state index is 11.4. The summed E-state index contributed by atoms with van der Waals surface area (Å²) in [6.07, 6.45) is 5.72. The number of rotatable bonds is 4. The van der Waals surface area contributed by atoms with Crippen molar-refractivity contribution in [3.8, 4) is 0 Å². The first kappa shape index (κ1) is 12.1. The number of pyridine rings is 1. The van der Waals surface area contributed by atoms with Crippen LogP contribution in [0.5, 0.6) is 0 Å². The lowest BCUT2D eigenvalue weighted by Gasteiger charge is -2.18. The molecule has 0 saturated heterocycles. The highest BCUT2D eigenvalue weighted by Crippen LogP contribution is 2.13. The van der Waals surface area contributed by atoms with Crippen LogP contribution in [0, 0.1) is 0 Å². The largest absolute Gasteiger partial charge is 0.391 e. The molecule has 6 heteroatoms. The van der Waals surface area contributed by atoms with Crippen LogP contribution in [-0.2, 0) is 6.42 Å². The van der Waals surface area contributed by atoms with Crippen LogP contribution in [0.25, 0.3) is 0 Å². The van der Waals surface area contributed by atoms with E-state index in [-0.39, 0.29) is 11.2 Å². The Morgan fingerprint density at radius 3 is 2.83 bits per heavy atom. The van der Waals surface area contributed by atoms with Crippen molar-refractivity contribution in [3.05, 3.63) is 46.8 Å². The van der Waals surface area contributed by atoms with Gasteiger partial charge >= 0.3 is 0 Å². The number of nitrogens with zero attached hydrogens (tertiary/aromatic N) is 3. The minimum Gasteiger partial charge on any atom is -0.391 e. The molecule has 0 spiro atoms. The van der Waals surface area contributed by atoms with Crippen LogP contribution >= 0.6 is 0 Å². The Bertz CT molecular complexity index is 566. The summed E-state index contributed by atoms with van der Waals surface area (Å²) in [5.74, 6) is 0.507. The molecule has 0 aliphatic carbocycles. The molecule has 0 atom stereocenters. The lowest BCUT2D eigenvalue weighted by atomic mass is 10.2. The maximum atomic E-state index is 11.4. The molecule has 2 aromatic rings. The molecule has 0 saturated carbocycles. The van der Waals surface area contributed by atoms with Crippen molar-refractivity contribution in [2.45, 2.75) is 6.42 Å². The van der Waals surface area contributed by atoms with Gasteiger partial charge in [-0.05, 0) is 24.1 Å². The fourth-order valence-electron chi connectivity index (χ4n) is 1.66. The van der Waals surface area contributed by atoms with Gasteiger partial charge in [-0.2, -0.15) is 0 Å². The number of aromatic nitrogens is 3. The molecule has 2 rings (SSSR count). The fourth-order valence-corrected chi connectivity index (χ4v) is 1.66. The number of hydrogen-bond acceptors (Lipinski definition) is 5. The SMILES string of the molecule is CN(CCc1ccncc1)c1nc[nH]c(=O)c1N. The summed E-state index contributed by atoms with van der Waals surface area (Å²) in [4.78, 5) is 23.7. The molecule has 0 fully saturated rings. The number of anilines is 2. The van der Waals surface area contributed by atoms with Crippen molar-refractivity contribution < 1.29 is 0 Å². The van der Waals surface area contributed by atoms with Gasteiger partial charge in [0.05, 0.1) is 6.33 Å². The van der Waals surface area contributed by atoms with Gasteiger partial charge in [0.1, 0.15) is 5.69 Å². The Morgan fingerprint density at radius 1 is 1.39 bits per heavy atom. The number of likely N-dealkylation sites (N-methyl/N-ethyl adjacent to an activating group) is 1. The molecular formula is C12H15N5O. The number of H-pyrrole nitrogens is 1. The predicted molar refractivity (Wildman–Crippen MR) is 70.5 cm³/mol. The zero-order chi connectivity index (χ0) is 13.0. The van der Waals surface area contributed by atoms with Crippen molar-refractivity contribution >= 4 is 11.5 Å². The van der Waals surface area contributed by atoms with E-state index in [1.54, 1.807) is 12.4 Å². The van der Waals surface area contributed by atoms with Gasteiger partial charge < -0.3 is 15.6 Å². The number of aromatic amines is 1. The van der Waals surface area contributed by atoms with Crippen LogP contribution in [0.2, 0.25) is 0 Å². The Hall–Kier alpha value is -2.37. The summed E-state index contributed by atoms with van der Waals surface area (Å²) < 4.78 is 0. The van der Waals surface area contributed by atoms with Crippen LogP contribution in [-0.4, -0.2) is 28.5 Å². The third kappa shape index (κ3) is 2.65. The highest BCUT2D eigenvalue weighted by molar-refractivity contribution is 5.60. The zero-order valence-electron chi connectivity index (χ0n) is 10.1. The van der Waals surface area contributed by atoms with Gasteiger partial charge in [-0.3, -0.25) is 9.78 Å². The molecule has 2 heterocycles. The van der Waals surface area contributed by atoms with Crippen molar-refractivity contribution in [3.63, 3.8) is 0 Å². The van der Waals surface area contributed by atoms with E-state index in [1.807, 2.05) is 24.1 Å². The molecule has 18 heavy (non-hydrogen) atoms. The van der Waals surface area contributed by atoms with E-state index in [0.29, 0.717) is 5.82 Å². The number of nitrogens with two attached hydrogens (primary N) is 1. The highest BCUT2D eigenvalue weighted by atomic mass is 16.1. The molecule has 0 unspecified atom stereocenters. The minimum absolute atomic E-state index is 0.148. The lowest BCUT2D eigenvalue weighted by Crippen LogP contribution is -2.26. The van der Waals surface area contributed by atoms with E-state index in [4.69, 9.17) is 5.73 Å². The van der Waals surface area contributed by atoms with Crippen molar-refractivity contribution in [2.75, 3.05) is 24.2 Å². The van der Waals surface area contributed by atoms with Gasteiger partial charge in [-0.1, -0.05) is 0 Å². The predicted octanol–water partition coefficient (Wildman–Crippen LogP) is 0.426. The van der Waals surface area contributed by atoms with E-state index in [9.17, 15) is 4.79 Å². The molecule has 6 nitrogen and oxygen atoms in total. The maximum Gasteiger partial charge on any atom is 0.276 e. The Labute approximate surface area is 105 Å². The quantitative estimate of drug-likeness (QED) is 0.815. The van der Waals surface area contributed by atoms with Crippen LogP contribution < -0.4 is 16.2 Å². The molecular weight excluding hydrogens is 230 g/mol. The first-order chi connectivity index (χ1) is 8.68. The van der Waals surface area contributed by atoms with Gasteiger partial charge in [0, 0.05) is 26.0 Å². The normalized spacial score (nSPS) is 10.3. The van der Waals surface area contributed by atoms with Gasteiger partial charge in [0.25, 0.3) is 5.56 Å². The summed E-state index contributed by atoms with van der Waals surface area (Å²) in [5, 5.41) is 0. The number of hydrogen-bond donors (Lipinski definition) is 2. The Morgan fingerprint density at radius 2 is 2.11 bits per heavy atom. The van der Waals surface area contributed by atoms with Crippen LogP contribution in [0.15, 0.2) is 35.6 Å². The first-order valence-electron chi connectivity index (χ1n) is 5.61. The molecule has 3 N–H and O–H groups in total. The minimum atomic E-state index is -0.309. The summed E-state index contributed by atoms with van der Waals surface area (Å²) >= 11 is 0. The average Bonchev–Trinajstić information content (AvgIpc) is 2.40. The smallest absolute Gasteiger partial charge is 0.276 e.